The molecule has 3 aliphatic rings. The molecule has 1 unspecified atom stereocenters. The van der Waals surface area contributed by atoms with E-state index in [2.05, 4.69) is 36.1 Å². The number of carbonyl (C=O) groups excluding carboxylic acids is 2. The van der Waals surface area contributed by atoms with E-state index >= 15 is 4.39 Å². The largest absolute Gasteiger partial charge is 0.342 e. The van der Waals surface area contributed by atoms with E-state index in [1.165, 1.54) is 17.8 Å². The lowest BCUT2D eigenvalue weighted by molar-refractivity contribution is -0.136. The second-order valence-corrected chi connectivity index (χ2v) is 14.9. The van der Waals surface area contributed by atoms with Crippen LogP contribution in [0.3, 0.4) is 0 Å². The van der Waals surface area contributed by atoms with E-state index in [9.17, 15) is 14.4 Å². The van der Waals surface area contributed by atoms with Crippen LogP contribution in [0.15, 0.2) is 41.3 Å². The standard InChI is InChI=1S/C33H43FN6O3S.2H2/c1-33(2,3)13-19-39-30(42)26(44-31(39)23-6-4-7-24(34)28(23)21-9-15-35-16-10-21)20-27(41)38-17-11-22(12-18-38)40-25-8-5-14-36-29(25)37-32(40)43;;/h4-8,14,21-22,26,31,35H,9-13,15-20H2,1-3H3,(H,36,37,43);2*1H/t26-,31?;;/m0../s1. The highest BCUT2D eigenvalue weighted by Gasteiger charge is 2.44. The van der Waals surface area contributed by atoms with Gasteiger partial charge in [0, 0.05) is 41.1 Å². The molecule has 9 nitrogen and oxygen atoms in total. The van der Waals surface area contributed by atoms with Gasteiger partial charge in [0.1, 0.15) is 11.2 Å². The quantitative estimate of drug-likeness (QED) is 0.361. The van der Waals surface area contributed by atoms with Crippen LogP contribution in [0.2, 0.25) is 0 Å². The molecule has 3 fully saturated rings. The fraction of sp³-hybridized carbons (Fsp3) is 0.576. The van der Waals surface area contributed by atoms with Gasteiger partial charge in [-0.05, 0) is 85.9 Å². The summed E-state index contributed by atoms with van der Waals surface area (Å²) in [5.41, 5.74) is 2.79. The molecule has 2 N–H and O–H groups in total. The van der Waals surface area contributed by atoms with Gasteiger partial charge in [-0.3, -0.25) is 19.1 Å². The van der Waals surface area contributed by atoms with Crippen molar-refractivity contribution in [2.45, 2.75) is 81.9 Å². The summed E-state index contributed by atoms with van der Waals surface area (Å²) in [4.78, 5) is 51.0. The summed E-state index contributed by atoms with van der Waals surface area (Å²) in [5.74, 6) is -0.178. The number of pyridine rings is 1. The van der Waals surface area contributed by atoms with Gasteiger partial charge in [-0.1, -0.05) is 32.9 Å². The average Bonchev–Trinajstić information content (AvgIpc) is 3.51. The first-order valence-electron chi connectivity index (χ1n) is 15.9. The number of aromatic amines is 1. The first-order chi connectivity index (χ1) is 21.1. The van der Waals surface area contributed by atoms with Crippen LogP contribution >= 0.6 is 11.8 Å². The third-order valence-corrected chi connectivity index (χ3v) is 10.8. The molecular formula is C33H47FN6O3S. The Hall–Kier alpha value is -3.18. The van der Waals surface area contributed by atoms with Gasteiger partial charge in [-0.15, -0.1) is 11.8 Å². The van der Waals surface area contributed by atoms with E-state index in [1.807, 2.05) is 28.0 Å². The minimum Gasteiger partial charge on any atom is -0.342 e. The van der Waals surface area contributed by atoms with E-state index in [-0.39, 0.29) is 55.3 Å². The summed E-state index contributed by atoms with van der Waals surface area (Å²) in [6, 6.07) is 8.95. The molecule has 0 bridgehead atoms. The van der Waals surface area contributed by atoms with E-state index in [1.54, 1.807) is 16.8 Å². The number of likely N-dealkylation sites (tertiary alicyclic amines) is 1. The second-order valence-electron chi connectivity index (χ2n) is 13.6. The number of amides is 2. The van der Waals surface area contributed by atoms with Crippen LogP contribution in [-0.2, 0) is 9.59 Å². The number of hydrogen-bond acceptors (Lipinski definition) is 6. The zero-order valence-corrected chi connectivity index (χ0v) is 26.7. The molecule has 3 aromatic rings. The van der Waals surface area contributed by atoms with Crippen LogP contribution in [0.1, 0.15) is 90.6 Å². The number of rotatable bonds is 7. The van der Waals surface area contributed by atoms with Gasteiger partial charge in [0.2, 0.25) is 11.8 Å². The van der Waals surface area contributed by atoms with E-state index in [0.717, 1.165) is 49.0 Å². The maximum atomic E-state index is 15.5. The number of fused-ring (bicyclic) bond motifs is 1. The smallest absolute Gasteiger partial charge is 0.327 e. The zero-order chi connectivity index (χ0) is 31.0. The summed E-state index contributed by atoms with van der Waals surface area (Å²) < 4.78 is 17.2. The first kappa shape index (κ1) is 30.8. The van der Waals surface area contributed by atoms with Gasteiger partial charge < -0.3 is 15.1 Å². The minimum atomic E-state index is -0.517. The van der Waals surface area contributed by atoms with Crippen LogP contribution in [0.25, 0.3) is 11.2 Å². The Bertz CT molecular complexity index is 1580. The normalized spacial score (nSPS) is 22.3. The molecule has 2 aromatic heterocycles. The number of nitrogens with zero attached hydrogens (tertiary/aromatic N) is 4. The Kier molecular flexibility index (Phi) is 8.88. The Morgan fingerprint density at radius 3 is 2.57 bits per heavy atom. The minimum absolute atomic E-state index is 0. The molecule has 0 aliphatic carbocycles. The van der Waals surface area contributed by atoms with E-state index in [0.29, 0.717) is 38.1 Å². The number of halogens is 1. The van der Waals surface area contributed by atoms with Crippen molar-refractivity contribution in [3.05, 3.63) is 64.0 Å². The molecule has 5 heterocycles. The number of hydrogen-bond donors (Lipinski definition) is 2. The molecule has 11 heteroatoms. The second kappa shape index (κ2) is 12.7. The first-order valence-corrected chi connectivity index (χ1v) is 16.8. The Morgan fingerprint density at radius 1 is 1.09 bits per heavy atom. The summed E-state index contributed by atoms with van der Waals surface area (Å²) in [7, 11) is 0. The number of benzene rings is 1. The average molecular weight is 627 g/mol. The van der Waals surface area contributed by atoms with Crippen molar-refractivity contribution in [3.8, 4) is 0 Å². The summed E-state index contributed by atoms with van der Waals surface area (Å²) in [6.07, 6.45) is 5.62. The molecule has 2 amide bonds. The van der Waals surface area contributed by atoms with Gasteiger partial charge in [0.25, 0.3) is 0 Å². The molecule has 0 spiro atoms. The fourth-order valence-corrected chi connectivity index (χ4v) is 8.45. The van der Waals surface area contributed by atoms with Crippen molar-refractivity contribution >= 4 is 34.7 Å². The topological polar surface area (TPSA) is 103 Å². The highest BCUT2D eigenvalue weighted by Crippen LogP contribution is 2.48. The number of nitrogens with one attached hydrogen (secondary N) is 2. The third-order valence-electron chi connectivity index (χ3n) is 9.37. The number of piperidine rings is 2. The van der Waals surface area contributed by atoms with Crippen molar-refractivity contribution in [1.29, 1.82) is 0 Å². The van der Waals surface area contributed by atoms with Crippen molar-refractivity contribution < 1.29 is 16.8 Å². The molecule has 6 rings (SSSR count). The molecule has 2 atom stereocenters. The fourth-order valence-electron chi connectivity index (χ4n) is 6.94. The molecule has 3 saturated heterocycles. The van der Waals surface area contributed by atoms with Gasteiger partial charge >= 0.3 is 5.69 Å². The molecular weight excluding hydrogens is 579 g/mol. The highest BCUT2D eigenvalue weighted by atomic mass is 32.2. The highest BCUT2D eigenvalue weighted by molar-refractivity contribution is 8.01. The lowest BCUT2D eigenvalue weighted by Crippen LogP contribution is -2.42. The number of carbonyl (C=O) groups is 2. The monoisotopic (exact) mass is 626 g/mol. The van der Waals surface area contributed by atoms with Crippen molar-refractivity contribution in [2.75, 3.05) is 32.7 Å². The van der Waals surface area contributed by atoms with Crippen LogP contribution in [0.5, 0.6) is 0 Å². The zero-order valence-electron chi connectivity index (χ0n) is 25.9. The molecule has 44 heavy (non-hydrogen) atoms. The molecule has 3 aliphatic heterocycles. The van der Waals surface area contributed by atoms with Crippen molar-refractivity contribution in [2.24, 2.45) is 5.41 Å². The maximum Gasteiger partial charge on any atom is 0.327 e. The number of thioether (sulfide) groups is 1. The van der Waals surface area contributed by atoms with Gasteiger partial charge in [0.15, 0.2) is 5.65 Å². The number of H-pyrrole nitrogens is 1. The SMILES string of the molecule is CC(C)(C)CCN1C(=O)[C@H](CC(=O)N2CCC(n3c(=O)[nH]c4ncccc43)CC2)SC1c1cccc(F)c1C1CCNCC1.[HH].[HH]. The summed E-state index contributed by atoms with van der Waals surface area (Å²) >= 11 is 1.50. The van der Waals surface area contributed by atoms with Crippen molar-refractivity contribution in [1.82, 2.24) is 29.7 Å². The van der Waals surface area contributed by atoms with Gasteiger partial charge in [0.05, 0.1) is 10.8 Å². The van der Waals surface area contributed by atoms with E-state index < -0.39 is 5.25 Å². The predicted octanol–water partition coefficient (Wildman–Crippen LogP) is 5.46. The van der Waals surface area contributed by atoms with Gasteiger partial charge in [-0.25, -0.2) is 14.2 Å². The van der Waals surface area contributed by atoms with Crippen molar-refractivity contribution in [3.63, 3.8) is 0 Å². The number of imidazole rings is 1. The lowest BCUT2D eigenvalue weighted by atomic mass is 9.86. The molecule has 0 saturated carbocycles. The Balaban J connectivity index is 0.00000240. The Labute approximate surface area is 264 Å². The molecule has 0 radical (unpaired) electrons. The van der Waals surface area contributed by atoms with Crippen LogP contribution in [0.4, 0.5) is 4.39 Å². The number of aromatic nitrogens is 3. The molecule has 240 valence electrons. The van der Waals surface area contributed by atoms with Crippen LogP contribution in [0, 0.1) is 11.2 Å². The summed E-state index contributed by atoms with van der Waals surface area (Å²) in [6.45, 7) is 9.78. The Morgan fingerprint density at radius 2 is 1.84 bits per heavy atom. The predicted molar refractivity (Wildman–Crippen MR) is 175 cm³/mol. The van der Waals surface area contributed by atoms with E-state index in [4.69, 9.17) is 0 Å². The maximum absolute atomic E-state index is 15.5. The molecule has 1 aromatic carbocycles. The van der Waals surface area contributed by atoms with Gasteiger partial charge in [-0.2, -0.15) is 0 Å². The van der Waals surface area contributed by atoms with Crippen LogP contribution in [-0.4, -0.2) is 74.1 Å². The lowest BCUT2D eigenvalue weighted by Gasteiger charge is -2.33. The third kappa shape index (κ3) is 6.31. The van der Waals surface area contributed by atoms with Crippen LogP contribution < -0.4 is 11.0 Å². The summed E-state index contributed by atoms with van der Waals surface area (Å²) in [5, 5.41) is 2.53.